The van der Waals surface area contributed by atoms with Crippen molar-refractivity contribution < 1.29 is 0 Å². The molecule has 116 valence electrons. The largest absolute Gasteiger partial charge is 0.260 e. The molecule has 1 fully saturated rings. The zero-order valence-corrected chi connectivity index (χ0v) is 14.8. The first kappa shape index (κ1) is 16.9. The van der Waals surface area contributed by atoms with Gasteiger partial charge in [-0.1, -0.05) is 55.6 Å². The third-order valence-corrected chi connectivity index (χ3v) is 4.96. The average Bonchev–Trinajstić information content (AvgIpc) is 2.41. The Morgan fingerprint density at radius 1 is 1.14 bits per heavy atom. The van der Waals surface area contributed by atoms with Crippen molar-refractivity contribution in [2.75, 3.05) is 5.43 Å². The molecule has 1 saturated carbocycles. The van der Waals surface area contributed by atoms with Gasteiger partial charge in [0.15, 0.2) is 5.82 Å². The van der Waals surface area contributed by atoms with Crippen LogP contribution in [0.5, 0.6) is 0 Å². The predicted molar refractivity (Wildman–Crippen MR) is 91.7 cm³/mol. The Labute approximate surface area is 141 Å². The molecule has 1 N–H and O–H groups in total. The quantitative estimate of drug-likeness (QED) is 0.522. The van der Waals surface area contributed by atoms with Gasteiger partial charge in [0.2, 0.25) is 0 Å². The minimum Gasteiger partial charge on any atom is -0.260 e. The lowest BCUT2D eigenvalue weighted by atomic mass is 9.72. The number of hydrogen-bond acceptors (Lipinski definition) is 3. The number of nitrogens with zero attached hydrogens (tertiary/aromatic N) is 2. The lowest BCUT2D eigenvalue weighted by molar-refractivity contribution is 0.208. The molecule has 0 saturated heterocycles. The summed E-state index contributed by atoms with van der Waals surface area (Å²) in [4.78, 5) is 4.09. The minimum absolute atomic E-state index is 0.222. The molecule has 1 heterocycles. The number of hydrazone groups is 1. The lowest BCUT2D eigenvalue weighted by Crippen LogP contribution is -2.26. The second kappa shape index (κ2) is 6.72. The normalized spacial score (nSPS) is 19.5. The van der Waals surface area contributed by atoms with E-state index in [1.165, 1.54) is 12.8 Å². The van der Waals surface area contributed by atoms with Crippen LogP contribution in [0.4, 0.5) is 5.82 Å². The molecule has 3 nitrogen and oxygen atoms in total. The topological polar surface area (TPSA) is 37.3 Å². The van der Waals surface area contributed by atoms with Crippen molar-refractivity contribution in [1.29, 1.82) is 0 Å². The van der Waals surface area contributed by atoms with Gasteiger partial charge in [-0.2, -0.15) is 5.10 Å². The Hall–Kier alpha value is -0.510. The standard InChI is InChI=1S/C15H20Cl3N3/c1-15(2,3)9-4-6-10(7-5-9)20-21-14-12(17)8-11(16)13(18)19-14/h8-9H,4-7H2,1-3H3,(H,19,21). The van der Waals surface area contributed by atoms with Gasteiger partial charge in [0.25, 0.3) is 0 Å². The highest BCUT2D eigenvalue weighted by atomic mass is 35.5. The summed E-state index contributed by atoms with van der Waals surface area (Å²) in [7, 11) is 0. The summed E-state index contributed by atoms with van der Waals surface area (Å²) in [6, 6.07) is 1.57. The lowest BCUT2D eigenvalue weighted by Gasteiger charge is -2.34. The van der Waals surface area contributed by atoms with Gasteiger partial charge in [0, 0.05) is 5.71 Å². The minimum atomic E-state index is 0.222. The molecule has 0 amide bonds. The van der Waals surface area contributed by atoms with E-state index in [1.807, 2.05) is 0 Å². The second-order valence-electron chi connectivity index (χ2n) is 6.52. The number of anilines is 1. The molecule has 2 rings (SSSR count). The third kappa shape index (κ3) is 4.48. The molecule has 0 atom stereocenters. The first-order valence-corrected chi connectivity index (χ1v) is 8.23. The van der Waals surface area contributed by atoms with Crippen molar-refractivity contribution in [3.05, 3.63) is 21.3 Å². The van der Waals surface area contributed by atoms with Crippen molar-refractivity contribution in [3.8, 4) is 0 Å². The van der Waals surface area contributed by atoms with Crippen LogP contribution in [-0.4, -0.2) is 10.7 Å². The third-order valence-electron chi connectivity index (χ3n) is 3.99. The summed E-state index contributed by atoms with van der Waals surface area (Å²) in [6.07, 6.45) is 4.36. The number of aromatic nitrogens is 1. The summed E-state index contributed by atoms with van der Waals surface area (Å²) >= 11 is 17.8. The van der Waals surface area contributed by atoms with E-state index in [9.17, 15) is 0 Å². The molecular formula is C15H20Cl3N3. The molecule has 0 spiro atoms. The maximum atomic E-state index is 6.06. The zero-order chi connectivity index (χ0) is 15.6. The molecule has 21 heavy (non-hydrogen) atoms. The van der Waals surface area contributed by atoms with Crippen LogP contribution in [0.3, 0.4) is 0 Å². The highest BCUT2D eigenvalue weighted by molar-refractivity contribution is 6.42. The Morgan fingerprint density at radius 2 is 1.76 bits per heavy atom. The summed E-state index contributed by atoms with van der Waals surface area (Å²) in [5.41, 5.74) is 4.43. The molecule has 1 aromatic rings. The van der Waals surface area contributed by atoms with Crippen LogP contribution in [-0.2, 0) is 0 Å². The van der Waals surface area contributed by atoms with Crippen molar-refractivity contribution in [2.24, 2.45) is 16.4 Å². The van der Waals surface area contributed by atoms with E-state index in [0.29, 0.717) is 21.3 Å². The smallest absolute Gasteiger partial charge is 0.166 e. The van der Waals surface area contributed by atoms with Crippen LogP contribution in [0, 0.1) is 11.3 Å². The van der Waals surface area contributed by atoms with E-state index in [0.717, 1.165) is 24.5 Å². The van der Waals surface area contributed by atoms with Gasteiger partial charge in [-0.3, -0.25) is 5.43 Å². The van der Waals surface area contributed by atoms with Crippen molar-refractivity contribution in [1.82, 2.24) is 4.98 Å². The number of hydrogen-bond donors (Lipinski definition) is 1. The molecule has 6 heteroatoms. The van der Waals surface area contributed by atoms with Gasteiger partial charge >= 0.3 is 0 Å². The van der Waals surface area contributed by atoms with Crippen LogP contribution < -0.4 is 5.43 Å². The van der Waals surface area contributed by atoms with Crippen LogP contribution in [0.2, 0.25) is 15.2 Å². The van der Waals surface area contributed by atoms with Crippen molar-refractivity contribution in [2.45, 2.75) is 46.5 Å². The molecule has 0 radical (unpaired) electrons. The summed E-state index contributed by atoms with van der Waals surface area (Å²) in [6.45, 7) is 6.91. The van der Waals surface area contributed by atoms with Gasteiger partial charge in [-0.05, 0) is 43.1 Å². The number of nitrogens with one attached hydrogen (secondary N) is 1. The Kier molecular flexibility index (Phi) is 5.39. The molecule has 1 aliphatic carbocycles. The van der Waals surface area contributed by atoms with Crippen molar-refractivity contribution in [3.63, 3.8) is 0 Å². The monoisotopic (exact) mass is 347 g/mol. The molecule has 1 aliphatic rings. The van der Waals surface area contributed by atoms with E-state index in [1.54, 1.807) is 6.07 Å². The molecule has 1 aromatic heterocycles. The Balaban J connectivity index is 1.99. The van der Waals surface area contributed by atoms with Gasteiger partial charge in [-0.15, -0.1) is 0 Å². The number of pyridine rings is 1. The summed E-state index contributed by atoms with van der Waals surface area (Å²) in [5.74, 6) is 1.19. The van der Waals surface area contributed by atoms with Crippen LogP contribution >= 0.6 is 34.8 Å². The first-order chi connectivity index (χ1) is 9.77. The molecule has 0 bridgehead atoms. The van der Waals surface area contributed by atoms with E-state index in [-0.39, 0.29) is 5.15 Å². The Morgan fingerprint density at radius 3 is 2.33 bits per heavy atom. The first-order valence-electron chi connectivity index (χ1n) is 7.10. The van der Waals surface area contributed by atoms with E-state index in [2.05, 4.69) is 36.3 Å². The summed E-state index contributed by atoms with van der Waals surface area (Å²) < 4.78 is 0. The van der Waals surface area contributed by atoms with Crippen LogP contribution in [0.25, 0.3) is 0 Å². The number of rotatable bonds is 2. The maximum absolute atomic E-state index is 6.06. The molecule has 0 aliphatic heterocycles. The second-order valence-corrected chi connectivity index (χ2v) is 7.69. The fourth-order valence-corrected chi connectivity index (χ4v) is 3.12. The van der Waals surface area contributed by atoms with Crippen LogP contribution in [0.1, 0.15) is 46.5 Å². The highest BCUT2D eigenvalue weighted by Crippen LogP contribution is 2.37. The summed E-state index contributed by atoms with van der Waals surface area (Å²) in [5, 5.41) is 5.39. The maximum Gasteiger partial charge on any atom is 0.166 e. The van der Waals surface area contributed by atoms with E-state index in [4.69, 9.17) is 34.8 Å². The van der Waals surface area contributed by atoms with Crippen LogP contribution in [0.15, 0.2) is 11.2 Å². The fraction of sp³-hybridized carbons (Fsp3) is 0.600. The van der Waals surface area contributed by atoms with E-state index >= 15 is 0 Å². The fourth-order valence-electron chi connectivity index (χ4n) is 2.58. The molecule has 0 aromatic carbocycles. The zero-order valence-electron chi connectivity index (χ0n) is 12.5. The van der Waals surface area contributed by atoms with Gasteiger partial charge < -0.3 is 0 Å². The van der Waals surface area contributed by atoms with Gasteiger partial charge in [0.05, 0.1) is 10.0 Å². The number of halogens is 3. The van der Waals surface area contributed by atoms with Gasteiger partial charge in [-0.25, -0.2) is 4.98 Å². The molecular weight excluding hydrogens is 329 g/mol. The highest BCUT2D eigenvalue weighted by Gasteiger charge is 2.28. The Bertz CT molecular complexity index is 540. The predicted octanol–water partition coefficient (Wildman–Crippen LogP) is 6.05. The molecule has 0 unspecified atom stereocenters. The SMILES string of the molecule is CC(C)(C)C1CCC(=NNc2nc(Cl)c(Cl)cc2Cl)CC1. The van der Waals surface area contributed by atoms with Crippen molar-refractivity contribution >= 4 is 46.3 Å². The van der Waals surface area contributed by atoms with E-state index < -0.39 is 0 Å². The van der Waals surface area contributed by atoms with Gasteiger partial charge in [0.1, 0.15) is 5.15 Å². The average molecular weight is 349 g/mol.